The van der Waals surface area contributed by atoms with Crippen molar-refractivity contribution in [1.29, 1.82) is 0 Å². The van der Waals surface area contributed by atoms with E-state index in [0.29, 0.717) is 11.4 Å². The lowest BCUT2D eigenvalue weighted by Crippen LogP contribution is -2.22. The number of amides is 1. The van der Waals surface area contributed by atoms with Crippen LogP contribution in [0.25, 0.3) is 0 Å². The number of hydrogen-bond acceptors (Lipinski definition) is 4. The molecule has 90 valence electrons. The first-order valence-corrected chi connectivity index (χ1v) is 6.44. The average Bonchev–Trinajstić information content (AvgIpc) is 2.86. The second-order valence-electron chi connectivity index (χ2n) is 3.73. The van der Waals surface area contributed by atoms with Gasteiger partial charge in [0.1, 0.15) is 0 Å². The van der Waals surface area contributed by atoms with E-state index < -0.39 is 0 Å². The normalized spacial score (nSPS) is 10.5. The summed E-state index contributed by atoms with van der Waals surface area (Å²) < 4.78 is 1.79. The summed E-state index contributed by atoms with van der Waals surface area (Å²) in [5.74, 6) is -0.0708. The summed E-state index contributed by atoms with van der Waals surface area (Å²) in [6, 6.07) is 1.76. The molecule has 0 aromatic carbocycles. The van der Waals surface area contributed by atoms with Crippen molar-refractivity contribution in [3.63, 3.8) is 0 Å². The lowest BCUT2D eigenvalue weighted by molar-refractivity contribution is 0.0955. The minimum atomic E-state index is -0.0708. The highest BCUT2D eigenvalue weighted by atomic mass is 32.1. The third kappa shape index (κ3) is 2.70. The predicted octanol–water partition coefficient (Wildman–Crippen LogP) is 2.01. The van der Waals surface area contributed by atoms with Gasteiger partial charge in [-0.05, 0) is 13.0 Å². The van der Waals surface area contributed by atoms with Crippen LogP contribution in [-0.2, 0) is 13.6 Å². The van der Waals surface area contributed by atoms with E-state index in [1.165, 1.54) is 11.3 Å². The van der Waals surface area contributed by atoms with E-state index in [0.717, 1.165) is 16.2 Å². The fraction of sp³-hybridized carbons (Fsp3) is 0.273. The summed E-state index contributed by atoms with van der Waals surface area (Å²) in [4.78, 5) is 13.3. The zero-order chi connectivity index (χ0) is 12.4. The van der Waals surface area contributed by atoms with Gasteiger partial charge in [-0.3, -0.25) is 9.48 Å². The van der Waals surface area contributed by atoms with Crippen LogP contribution < -0.4 is 5.32 Å². The van der Waals surface area contributed by atoms with Crippen LogP contribution in [0.5, 0.6) is 0 Å². The van der Waals surface area contributed by atoms with Gasteiger partial charge in [0.2, 0.25) is 0 Å². The molecule has 4 nitrogen and oxygen atoms in total. The number of carbonyl (C=O) groups is 1. The molecule has 2 heterocycles. The summed E-state index contributed by atoms with van der Waals surface area (Å²) in [5.41, 5.74) is 2.09. The first kappa shape index (κ1) is 12.2. The van der Waals surface area contributed by atoms with Crippen molar-refractivity contribution in [2.45, 2.75) is 18.4 Å². The van der Waals surface area contributed by atoms with Gasteiger partial charge < -0.3 is 5.32 Å². The van der Waals surface area contributed by atoms with Crippen LogP contribution in [0.2, 0.25) is 0 Å². The molecule has 2 rings (SSSR count). The highest BCUT2D eigenvalue weighted by Crippen LogP contribution is 2.17. The maximum absolute atomic E-state index is 11.8. The standard InChI is InChI=1S/C11H13N3OS2/c1-7-8(5-13-14(7)2)4-12-11(15)10-3-9(16)6-17-10/h3,5-6,16H,4H2,1-2H3,(H,12,15). The molecule has 0 radical (unpaired) electrons. The monoisotopic (exact) mass is 267 g/mol. The van der Waals surface area contributed by atoms with Crippen LogP contribution >= 0.6 is 24.0 Å². The lowest BCUT2D eigenvalue weighted by atomic mass is 10.2. The van der Waals surface area contributed by atoms with Crippen molar-refractivity contribution in [3.8, 4) is 0 Å². The molecular weight excluding hydrogens is 254 g/mol. The highest BCUT2D eigenvalue weighted by molar-refractivity contribution is 7.80. The second-order valence-corrected chi connectivity index (χ2v) is 5.16. The van der Waals surface area contributed by atoms with E-state index in [1.54, 1.807) is 16.9 Å². The average molecular weight is 267 g/mol. The van der Waals surface area contributed by atoms with E-state index >= 15 is 0 Å². The van der Waals surface area contributed by atoms with E-state index in [9.17, 15) is 4.79 Å². The summed E-state index contributed by atoms with van der Waals surface area (Å²) in [5, 5.41) is 8.83. The SMILES string of the molecule is Cc1c(CNC(=O)c2cc(S)cs2)cnn1C. The number of hydrogen-bond donors (Lipinski definition) is 2. The Morgan fingerprint density at radius 3 is 2.94 bits per heavy atom. The Morgan fingerprint density at radius 1 is 1.65 bits per heavy atom. The zero-order valence-corrected chi connectivity index (χ0v) is 11.3. The summed E-state index contributed by atoms with van der Waals surface area (Å²) in [6.07, 6.45) is 1.77. The first-order valence-electron chi connectivity index (χ1n) is 5.11. The Balaban J connectivity index is 1.99. The molecule has 0 aliphatic rings. The van der Waals surface area contributed by atoms with Crippen molar-refractivity contribution in [3.05, 3.63) is 33.8 Å². The van der Waals surface area contributed by atoms with Gasteiger partial charge in [-0.2, -0.15) is 5.10 Å². The third-order valence-corrected chi connectivity index (χ3v) is 3.95. The molecule has 2 aromatic rings. The van der Waals surface area contributed by atoms with Crippen molar-refractivity contribution in [2.24, 2.45) is 7.05 Å². The molecule has 0 bridgehead atoms. The number of thiol groups is 1. The minimum absolute atomic E-state index is 0.0708. The number of aromatic nitrogens is 2. The number of rotatable bonds is 3. The summed E-state index contributed by atoms with van der Waals surface area (Å²) >= 11 is 5.57. The lowest BCUT2D eigenvalue weighted by Gasteiger charge is -2.03. The molecule has 6 heteroatoms. The number of carbonyl (C=O) groups excluding carboxylic acids is 1. The van der Waals surface area contributed by atoms with Crippen molar-refractivity contribution < 1.29 is 4.79 Å². The third-order valence-electron chi connectivity index (χ3n) is 2.59. The topological polar surface area (TPSA) is 46.9 Å². The second kappa shape index (κ2) is 4.93. The summed E-state index contributed by atoms with van der Waals surface area (Å²) in [6.45, 7) is 2.48. The molecule has 0 atom stereocenters. The van der Waals surface area contributed by atoms with E-state index in [2.05, 4.69) is 23.0 Å². The van der Waals surface area contributed by atoms with Gasteiger partial charge in [0.15, 0.2) is 0 Å². The highest BCUT2D eigenvalue weighted by Gasteiger charge is 2.09. The number of thiophene rings is 1. The number of aryl methyl sites for hydroxylation is 1. The van der Waals surface area contributed by atoms with Gasteiger partial charge in [-0.25, -0.2) is 0 Å². The van der Waals surface area contributed by atoms with Gasteiger partial charge in [0, 0.05) is 35.1 Å². The van der Waals surface area contributed by atoms with Crippen LogP contribution in [-0.4, -0.2) is 15.7 Å². The molecule has 0 saturated carbocycles. The Kier molecular flexibility index (Phi) is 3.54. The fourth-order valence-corrected chi connectivity index (χ4v) is 2.49. The Morgan fingerprint density at radius 2 is 2.41 bits per heavy atom. The molecule has 0 spiro atoms. The van der Waals surface area contributed by atoms with E-state index in [-0.39, 0.29) is 5.91 Å². The maximum atomic E-state index is 11.8. The molecule has 1 amide bonds. The smallest absolute Gasteiger partial charge is 0.261 e. The molecule has 0 fully saturated rings. The molecule has 17 heavy (non-hydrogen) atoms. The fourth-order valence-electron chi connectivity index (χ4n) is 1.43. The summed E-state index contributed by atoms with van der Waals surface area (Å²) in [7, 11) is 1.88. The molecule has 2 aromatic heterocycles. The van der Waals surface area contributed by atoms with Gasteiger partial charge in [-0.15, -0.1) is 24.0 Å². The van der Waals surface area contributed by atoms with Crippen LogP contribution in [0.15, 0.2) is 22.5 Å². The predicted molar refractivity (Wildman–Crippen MR) is 70.7 cm³/mol. The largest absolute Gasteiger partial charge is 0.347 e. The molecule has 0 aliphatic heterocycles. The molecule has 0 unspecified atom stereocenters. The van der Waals surface area contributed by atoms with E-state index in [1.807, 2.05) is 19.4 Å². The van der Waals surface area contributed by atoms with Crippen molar-refractivity contribution in [2.75, 3.05) is 0 Å². The van der Waals surface area contributed by atoms with Crippen molar-refractivity contribution >= 4 is 29.9 Å². The first-order chi connectivity index (χ1) is 8.08. The minimum Gasteiger partial charge on any atom is -0.347 e. The zero-order valence-electron chi connectivity index (χ0n) is 9.60. The van der Waals surface area contributed by atoms with Crippen LogP contribution in [0.1, 0.15) is 20.9 Å². The van der Waals surface area contributed by atoms with Crippen molar-refractivity contribution in [1.82, 2.24) is 15.1 Å². The van der Waals surface area contributed by atoms with Gasteiger partial charge in [-0.1, -0.05) is 0 Å². The van der Waals surface area contributed by atoms with Crippen LogP contribution in [0, 0.1) is 6.92 Å². The van der Waals surface area contributed by atoms with Crippen LogP contribution in [0.4, 0.5) is 0 Å². The Bertz CT molecular complexity index is 545. The molecule has 1 N–H and O–H groups in total. The van der Waals surface area contributed by atoms with Crippen LogP contribution in [0.3, 0.4) is 0 Å². The molecule has 0 aliphatic carbocycles. The molecule has 0 saturated heterocycles. The maximum Gasteiger partial charge on any atom is 0.261 e. The number of nitrogens with one attached hydrogen (secondary N) is 1. The van der Waals surface area contributed by atoms with Gasteiger partial charge in [0.25, 0.3) is 5.91 Å². The Labute approximate surface area is 109 Å². The quantitative estimate of drug-likeness (QED) is 0.836. The number of nitrogens with zero attached hydrogens (tertiary/aromatic N) is 2. The van der Waals surface area contributed by atoms with Gasteiger partial charge in [0.05, 0.1) is 11.1 Å². The van der Waals surface area contributed by atoms with Gasteiger partial charge >= 0.3 is 0 Å². The Hall–Kier alpha value is -1.27. The molecular formula is C11H13N3OS2. The van der Waals surface area contributed by atoms with E-state index in [4.69, 9.17) is 0 Å².